The van der Waals surface area contributed by atoms with E-state index in [1.165, 1.54) is 0 Å². The van der Waals surface area contributed by atoms with E-state index in [9.17, 15) is 9.90 Å². The molecule has 1 saturated heterocycles. The number of carbonyl (C=O) groups is 1. The van der Waals surface area contributed by atoms with Gasteiger partial charge in [0.05, 0.1) is 6.20 Å². The second kappa shape index (κ2) is 6.33. The molecule has 0 aliphatic carbocycles. The minimum Gasteiger partial charge on any atom is -0.396 e. The third kappa shape index (κ3) is 3.31. The van der Waals surface area contributed by atoms with Gasteiger partial charge in [-0.3, -0.25) is 10.00 Å². The van der Waals surface area contributed by atoms with Gasteiger partial charge >= 0.3 is 6.03 Å². The van der Waals surface area contributed by atoms with Crippen LogP contribution in [0.1, 0.15) is 17.3 Å². The molecule has 3 heterocycles. The summed E-state index contributed by atoms with van der Waals surface area (Å²) in [6.45, 7) is 2.86. The van der Waals surface area contributed by atoms with Crippen LogP contribution in [0.4, 0.5) is 10.6 Å². The molecule has 0 unspecified atom stereocenters. The lowest BCUT2D eigenvalue weighted by molar-refractivity contribution is 0.206. The number of aliphatic hydroxyl groups excluding tert-OH is 1. The molecule has 2 N–H and O–H groups in total. The van der Waals surface area contributed by atoms with Gasteiger partial charge < -0.3 is 10.0 Å². The fraction of sp³-hybridized carbons (Fsp3) is 0.467. The Morgan fingerprint density at radius 3 is 2.96 bits per heavy atom. The van der Waals surface area contributed by atoms with Gasteiger partial charge in [-0.25, -0.2) is 14.8 Å². The van der Waals surface area contributed by atoms with Crippen molar-refractivity contribution in [1.82, 2.24) is 24.6 Å². The number of aryl methyl sites for hydroxylation is 2. The molecular formula is C15H20N6O2. The van der Waals surface area contributed by atoms with Gasteiger partial charge in [-0.1, -0.05) is 0 Å². The molecule has 2 atom stereocenters. The van der Waals surface area contributed by atoms with E-state index >= 15 is 0 Å². The highest BCUT2D eigenvalue weighted by atomic mass is 16.3. The van der Waals surface area contributed by atoms with Crippen LogP contribution in [0, 0.1) is 12.8 Å². The number of hydrogen-bond acceptors (Lipinski definition) is 5. The number of nitrogens with one attached hydrogen (secondary N) is 1. The number of likely N-dealkylation sites (tertiary alicyclic amines) is 1. The zero-order valence-corrected chi connectivity index (χ0v) is 13.2. The third-order valence-corrected chi connectivity index (χ3v) is 4.13. The molecule has 0 radical (unpaired) electrons. The lowest BCUT2D eigenvalue weighted by atomic mass is 9.92. The number of carbonyl (C=O) groups excluding carboxylic acids is 1. The number of urea groups is 1. The molecule has 1 aliphatic rings. The number of amides is 2. The Hall–Kier alpha value is -2.48. The van der Waals surface area contributed by atoms with Crippen molar-refractivity contribution in [2.24, 2.45) is 13.0 Å². The molecule has 8 nitrogen and oxygen atoms in total. The zero-order valence-electron chi connectivity index (χ0n) is 13.2. The molecule has 122 valence electrons. The molecule has 0 saturated carbocycles. The van der Waals surface area contributed by atoms with Crippen LogP contribution in [0.3, 0.4) is 0 Å². The van der Waals surface area contributed by atoms with Crippen LogP contribution < -0.4 is 5.32 Å². The Labute approximate surface area is 134 Å². The standard InChI is InChI=1S/C15H20N6O2/c1-10-16-4-3-14(18-10)19-15(23)21-7-12(9-22)13(8-21)11-5-17-20(2)6-11/h3-6,12-13,22H,7-9H2,1-2H3,(H,16,18,19,23)/t12-,13-/m0/s1. The number of anilines is 1. The molecule has 0 bridgehead atoms. The first-order valence-electron chi connectivity index (χ1n) is 7.52. The molecule has 2 aromatic rings. The Balaban J connectivity index is 1.70. The molecule has 23 heavy (non-hydrogen) atoms. The first-order valence-corrected chi connectivity index (χ1v) is 7.52. The van der Waals surface area contributed by atoms with Gasteiger partial charge in [0.2, 0.25) is 0 Å². The number of nitrogens with zero attached hydrogens (tertiary/aromatic N) is 5. The van der Waals surface area contributed by atoms with Crippen LogP contribution in [-0.4, -0.2) is 55.5 Å². The number of hydrogen-bond donors (Lipinski definition) is 2. The molecule has 1 fully saturated rings. The average molecular weight is 316 g/mol. The van der Waals surface area contributed by atoms with Crippen molar-refractivity contribution in [3.8, 4) is 0 Å². The van der Waals surface area contributed by atoms with Crippen molar-refractivity contribution in [3.63, 3.8) is 0 Å². The fourth-order valence-corrected chi connectivity index (χ4v) is 2.95. The quantitative estimate of drug-likeness (QED) is 0.871. The maximum atomic E-state index is 12.4. The van der Waals surface area contributed by atoms with Crippen LogP contribution in [0.15, 0.2) is 24.7 Å². The van der Waals surface area contributed by atoms with Crippen LogP contribution in [0.5, 0.6) is 0 Å². The molecule has 8 heteroatoms. The predicted octanol–water partition coefficient (Wildman–Crippen LogP) is 0.758. The zero-order chi connectivity index (χ0) is 16.4. The Kier molecular flexibility index (Phi) is 4.24. The van der Waals surface area contributed by atoms with Crippen molar-refractivity contribution in [1.29, 1.82) is 0 Å². The van der Waals surface area contributed by atoms with Crippen molar-refractivity contribution in [2.75, 3.05) is 25.0 Å². The van der Waals surface area contributed by atoms with E-state index in [-0.39, 0.29) is 24.5 Å². The highest BCUT2D eigenvalue weighted by molar-refractivity contribution is 5.88. The summed E-state index contributed by atoms with van der Waals surface area (Å²) in [6, 6.07) is 1.44. The Morgan fingerprint density at radius 1 is 1.48 bits per heavy atom. The molecule has 2 amide bonds. The second-order valence-electron chi connectivity index (χ2n) is 5.82. The lowest BCUT2D eigenvalue weighted by Crippen LogP contribution is -2.33. The molecule has 1 aliphatic heterocycles. The first kappa shape index (κ1) is 15.4. The Morgan fingerprint density at radius 2 is 2.30 bits per heavy atom. The minimum atomic E-state index is -0.215. The van der Waals surface area contributed by atoms with Crippen LogP contribution in [0.2, 0.25) is 0 Å². The van der Waals surface area contributed by atoms with Crippen LogP contribution in [0.25, 0.3) is 0 Å². The number of aliphatic hydroxyl groups is 1. The van der Waals surface area contributed by atoms with E-state index in [1.807, 2.05) is 13.2 Å². The average Bonchev–Trinajstić information content (AvgIpc) is 3.13. The summed E-state index contributed by atoms with van der Waals surface area (Å²) >= 11 is 0. The van der Waals surface area contributed by atoms with Gasteiger partial charge in [0.25, 0.3) is 0 Å². The van der Waals surface area contributed by atoms with E-state index in [0.717, 1.165) is 5.56 Å². The molecule has 0 spiro atoms. The summed E-state index contributed by atoms with van der Waals surface area (Å²) < 4.78 is 1.73. The highest BCUT2D eigenvalue weighted by Crippen LogP contribution is 2.32. The fourth-order valence-electron chi connectivity index (χ4n) is 2.95. The van der Waals surface area contributed by atoms with Gasteiger partial charge in [-0.15, -0.1) is 0 Å². The monoisotopic (exact) mass is 316 g/mol. The highest BCUT2D eigenvalue weighted by Gasteiger charge is 2.36. The van der Waals surface area contributed by atoms with E-state index < -0.39 is 0 Å². The largest absolute Gasteiger partial charge is 0.396 e. The summed E-state index contributed by atoms with van der Waals surface area (Å²) in [5, 5.41) is 16.6. The van der Waals surface area contributed by atoms with E-state index in [0.29, 0.717) is 24.7 Å². The third-order valence-electron chi connectivity index (χ3n) is 4.13. The predicted molar refractivity (Wildman–Crippen MR) is 83.9 cm³/mol. The minimum absolute atomic E-state index is 0.0112. The molecular weight excluding hydrogens is 296 g/mol. The van der Waals surface area contributed by atoms with Gasteiger partial charge in [0.1, 0.15) is 11.6 Å². The van der Waals surface area contributed by atoms with Gasteiger partial charge in [0.15, 0.2) is 0 Å². The van der Waals surface area contributed by atoms with Crippen molar-refractivity contribution < 1.29 is 9.90 Å². The van der Waals surface area contributed by atoms with Gasteiger partial charge in [-0.2, -0.15) is 5.10 Å². The number of rotatable bonds is 3. The topological polar surface area (TPSA) is 96.2 Å². The van der Waals surface area contributed by atoms with Crippen molar-refractivity contribution in [2.45, 2.75) is 12.8 Å². The van der Waals surface area contributed by atoms with E-state index in [4.69, 9.17) is 0 Å². The Bertz CT molecular complexity index is 701. The van der Waals surface area contributed by atoms with Crippen molar-refractivity contribution in [3.05, 3.63) is 36.0 Å². The smallest absolute Gasteiger partial charge is 0.323 e. The van der Waals surface area contributed by atoms with E-state index in [1.54, 1.807) is 35.0 Å². The molecule has 2 aromatic heterocycles. The summed E-state index contributed by atoms with van der Waals surface area (Å²) in [7, 11) is 1.86. The summed E-state index contributed by atoms with van der Waals surface area (Å²) in [5.74, 6) is 1.18. The van der Waals surface area contributed by atoms with Crippen LogP contribution in [-0.2, 0) is 7.05 Å². The second-order valence-corrected chi connectivity index (χ2v) is 5.82. The summed E-state index contributed by atoms with van der Waals surface area (Å²) in [6.07, 6.45) is 5.34. The van der Waals surface area contributed by atoms with E-state index in [2.05, 4.69) is 20.4 Å². The summed E-state index contributed by atoms with van der Waals surface area (Å²) in [4.78, 5) is 22.3. The lowest BCUT2D eigenvalue weighted by Gasteiger charge is -2.16. The summed E-state index contributed by atoms with van der Waals surface area (Å²) in [5.41, 5.74) is 1.04. The first-order chi connectivity index (χ1) is 11.1. The maximum absolute atomic E-state index is 12.4. The normalized spacial score (nSPS) is 20.7. The van der Waals surface area contributed by atoms with Crippen molar-refractivity contribution >= 4 is 11.8 Å². The molecule has 3 rings (SSSR count). The number of aromatic nitrogens is 4. The van der Waals surface area contributed by atoms with Gasteiger partial charge in [-0.05, 0) is 18.6 Å². The van der Waals surface area contributed by atoms with Gasteiger partial charge in [0, 0.05) is 51.0 Å². The van der Waals surface area contributed by atoms with Crippen LogP contribution >= 0.6 is 0 Å². The maximum Gasteiger partial charge on any atom is 0.323 e. The molecule has 0 aromatic carbocycles. The SMILES string of the molecule is Cc1nccc(NC(=O)N2C[C@@H](CO)[C@H](c3cnn(C)c3)C2)n1.